The smallest absolute Gasteiger partial charge is 0.255 e. The molecule has 0 bridgehead atoms. The number of fused-ring (bicyclic) bond motifs is 4. The molecule has 2 aromatic rings. The van der Waals surface area contributed by atoms with Crippen molar-refractivity contribution in [1.29, 1.82) is 0 Å². The monoisotopic (exact) mass is 327 g/mol. The number of para-hydroxylation sites is 1. The molecule has 0 aromatic heterocycles. The van der Waals surface area contributed by atoms with Gasteiger partial charge in [0, 0.05) is 29.7 Å². The lowest BCUT2D eigenvalue weighted by molar-refractivity contribution is -0.122. The number of carbonyl (C=O) groups is 1. The third-order valence-electron chi connectivity index (χ3n) is 3.90. The number of halogens is 1. The second kappa shape index (κ2) is 6.09. The Morgan fingerprint density at radius 3 is 2.52 bits per heavy atom. The molecule has 2 aliphatic heterocycles. The Morgan fingerprint density at radius 2 is 1.74 bits per heavy atom. The van der Waals surface area contributed by atoms with Gasteiger partial charge in [-0.05, 0) is 29.8 Å². The zero-order valence-electron chi connectivity index (χ0n) is 13.4. The van der Waals surface area contributed by atoms with Crippen LogP contribution < -0.4 is 4.74 Å². The summed E-state index contributed by atoms with van der Waals surface area (Å²) in [6, 6.07) is 13.2. The maximum absolute atomic E-state index is 12.5. The minimum Gasteiger partial charge on any atom is -0.456 e. The minimum atomic E-state index is 0.00817. The fourth-order valence-corrected chi connectivity index (χ4v) is 3.09. The van der Waals surface area contributed by atoms with Crippen LogP contribution in [0, 0.1) is 0 Å². The van der Waals surface area contributed by atoms with Crippen LogP contribution in [0.15, 0.2) is 42.5 Å². The second-order valence-electron chi connectivity index (χ2n) is 5.25. The van der Waals surface area contributed by atoms with Crippen LogP contribution in [0.25, 0.3) is 11.1 Å². The van der Waals surface area contributed by atoms with E-state index in [1.807, 2.05) is 51.2 Å². The molecule has 4 heteroatoms. The van der Waals surface area contributed by atoms with E-state index in [0.29, 0.717) is 22.9 Å². The molecular weight excluding hydrogens is 310 g/mol. The zero-order chi connectivity index (χ0) is 16.6. The zero-order valence-corrected chi connectivity index (χ0v) is 14.1. The molecule has 23 heavy (non-hydrogen) atoms. The Hall–Kier alpha value is -2.26. The van der Waals surface area contributed by atoms with Crippen molar-refractivity contribution in [2.75, 3.05) is 13.6 Å². The van der Waals surface area contributed by atoms with Crippen LogP contribution in [-0.2, 0) is 4.79 Å². The van der Waals surface area contributed by atoms with Crippen molar-refractivity contribution < 1.29 is 9.53 Å². The number of rotatable bonds is 0. The van der Waals surface area contributed by atoms with Gasteiger partial charge in [-0.3, -0.25) is 4.79 Å². The first-order valence-electron chi connectivity index (χ1n) is 7.71. The van der Waals surface area contributed by atoms with E-state index in [1.54, 1.807) is 17.0 Å². The summed E-state index contributed by atoms with van der Waals surface area (Å²) in [6.45, 7) is 4.58. The van der Waals surface area contributed by atoms with Gasteiger partial charge in [0.25, 0.3) is 5.91 Å². The normalized spacial score (nSPS) is 15.0. The van der Waals surface area contributed by atoms with Crippen molar-refractivity contribution in [2.24, 2.45) is 0 Å². The van der Waals surface area contributed by atoms with E-state index < -0.39 is 0 Å². The molecule has 0 spiro atoms. The van der Waals surface area contributed by atoms with Crippen molar-refractivity contribution in [1.82, 2.24) is 4.90 Å². The Labute approximate surface area is 141 Å². The minimum absolute atomic E-state index is 0.00817. The number of likely N-dealkylation sites (N-methyl/N-ethyl adjacent to an activating group) is 1. The number of ether oxygens (including phenoxy) is 1. The molecule has 2 aliphatic rings. The van der Waals surface area contributed by atoms with Gasteiger partial charge >= 0.3 is 0 Å². The van der Waals surface area contributed by atoms with E-state index in [1.165, 1.54) is 0 Å². The summed E-state index contributed by atoms with van der Waals surface area (Å²) in [6.07, 6.45) is 0. The number of carbonyl (C=O) groups excluding carboxylic acids is 1. The molecule has 2 aromatic carbocycles. The third kappa shape index (κ3) is 2.51. The lowest BCUT2D eigenvalue weighted by Gasteiger charge is -2.14. The van der Waals surface area contributed by atoms with Crippen molar-refractivity contribution in [3.63, 3.8) is 0 Å². The summed E-state index contributed by atoms with van der Waals surface area (Å²) in [7, 11) is 1.81. The average molecular weight is 328 g/mol. The van der Waals surface area contributed by atoms with Crippen LogP contribution in [-0.4, -0.2) is 24.4 Å². The summed E-state index contributed by atoms with van der Waals surface area (Å²) >= 11 is 6.11. The summed E-state index contributed by atoms with van der Waals surface area (Å²) < 4.78 is 6.01. The van der Waals surface area contributed by atoms with Gasteiger partial charge in [-0.2, -0.15) is 0 Å². The van der Waals surface area contributed by atoms with E-state index in [2.05, 4.69) is 0 Å². The largest absolute Gasteiger partial charge is 0.456 e. The Balaban J connectivity index is 0.000000753. The highest BCUT2D eigenvalue weighted by atomic mass is 35.5. The molecule has 0 N–H and O–H groups in total. The van der Waals surface area contributed by atoms with Gasteiger partial charge in [-0.15, -0.1) is 0 Å². The first-order chi connectivity index (χ1) is 11.1. The number of hydrogen-bond acceptors (Lipinski definition) is 2. The summed E-state index contributed by atoms with van der Waals surface area (Å²) in [5, 5.41) is 0.595. The summed E-state index contributed by atoms with van der Waals surface area (Å²) in [5.41, 5.74) is 3.43. The Bertz CT molecular complexity index is 811. The van der Waals surface area contributed by atoms with Gasteiger partial charge in [0.1, 0.15) is 11.5 Å². The highest BCUT2D eigenvalue weighted by molar-refractivity contribution is 6.33. The molecule has 0 aliphatic carbocycles. The molecule has 0 atom stereocenters. The molecule has 1 amide bonds. The number of amides is 1. The number of hydrogen-bond donors (Lipinski definition) is 0. The molecule has 118 valence electrons. The lowest BCUT2D eigenvalue weighted by Crippen LogP contribution is -2.21. The average Bonchev–Trinajstić information content (AvgIpc) is 2.79. The van der Waals surface area contributed by atoms with Crippen LogP contribution in [0.5, 0.6) is 11.5 Å². The molecule has 0 fully saturated rings. The fourth-order valence-electron chi connectivity index (χ4n) is 2.92. The van der Waals surface area contributed by atoms with Gasteiger partial charge in [0.2, 0.25) is 0 Å². The van der Waals surface area contributed by atoms with Crippen molar-refractivity contribution >= 4 is 28.7 Å². The molecular formula is C19H18ClNO2. The van der Waals surface area contributed by atoms with Crippen molar-refractivity contribution in [2.45, 2.75) is 13.8 Å². The molecule has 0 radical (unpaired) electrons. The molecule has 2 heterocycles. The van der Waals surface area contributed by atoms with Crippen molar-refractivity contribution in [3.8, 4) is 11.5 Å². The van der Waals surface area contributed by atoms with E-state index in [9.17, 15) is 4.79 Å². The van der Waals surface area contributed by atoms with Gasteiger partial charge in [0.15, 0.2) is 0 Å². The van der Waals surface area contributed by atoms with E-state index in [4.69, 9.17) is 16.3 Å². The summed E-state index contributed by atoms with van der Waals surface area (Å²) in [4.78, 5) is 14.3. The highest BCUT2D eigenvalue weighted by Gasteiger charge is 2.34. The SMILES string of the molecule is CC.CN1CC2=C(C1=O)c1cc(Cl)ccc1Oc1ccccc12. The van der Waals surface area contributed by atoms with E-state index in [0.717, 1.165) is 22.4 Å². The molecule has 3 nitrogen and oxygen atoms in total. The Kier molecular flexibility index (Phi) is 4.14. The number of nitrogens with zero attached hydrogens (tertiary/aromatic N) is 1. The van der Waals surface area contributed by atoms with E-state index >= 15 is 0 Å². The maximum atomic E-state index is 12.5. The summed E-state index contributed by atoms with van der Waals surface area (Å²) in [5.74, 6) is 1.45. The van der Waals surface area contributed by atoms with Gasteiger partial charge in [0.05, 0.1) is 5.57 Å². The van der Waals surface area contributed by atoms with E-state index in [-0.39, 0.29) is 5.91 Å². The van der Waals surface area contributed by atoms with Crippen LogP contribution in [0.3, 0.4) is 0 Å². The highest BCUT2D eigenvalue weighted by Crippen LogP contribution is 2.46. The van der Waals surface area contributed by atoms with Gasteiger partial charge < -0.3 is 9.64 Å². The fraction of sp³-hybridized carbons (Fsp3) is 0.211. The third-order valence-corrected chi connectivity index (χ3v) is 4.14. The standard InChI is InChI=1S/C17H12ClNO2.C2H6/c1-19-9-13-11-4-2-3-5-14(11)21-15-7-6-10(18)8-12(15)16(13)17(19)20;1-2/h2-8H,9H2,1H3;1-2H3. The van der Waals surface area contributed by atoms with Crippen LogP contribution >= 0.6 is 11.6 Å². The molecule has 0 unspecified atom stereocenters. The lowest BCUT2D eigenvalue weighted by atomic mass is 9.97. The topological polar surface area (TPSA) is 29.5 Å². The maximum Gasteiger partial charge on any atom is 0.255 e. The number of benzene rings is 2. The molecule has 0 saturated heterocycles. The predicted octanol–water partition coefficient (Wildman–Crippen LogP) is 4.85. The quantitative estimate of drug-likeness (QED) is 0.692. The first kappa shape index (κ1) is 15.6. The van der Waals surface area contributed by atoms with Crippen molar-refractivity contribution in [3.05, 3.63) is 58.6 Å². The van der Waals surface area contributed by atoms with Gasteiger partial charge in [-0.1, -0.05) is 43.6 Å². The molecule has 4 rings (SSSR count). The first-order valence-corrected chi connectivity index (χ1v) is 8.09. The second-order valence-corrected chi connectivity index (χ2v) is 5.69. The van der Waals surface area contributed by atoms with Crippen LogP contribution in [0.1, 0.15) is 25.0 Å². The van der Waals surface area contributed by atoms with Crippen LogP contribution in [0.4, 0.5) is 0 Å². The Morgan fingerprint density at radius 1 is 1.04 bits per heavy atom. The van der Waals surface area contributed by atoms with Crippen LogP contribution in [0.2, 0.25) is 5.02 Å². The predicted molar refractivity (Wildman–Crippen MR) is 93.8 cm³/mol. The molecule has 0 saturated carbocycles. The van der Waals surface area contributed by atoms with Gasteiger partial charge in [-0.25, -0.2) is 0 Å².